The number of hydrogen-bond acceptors (Lipinski definition) is 3. The molecule has 1 amide bonds. The highest BCUT2D eigenvalue weighted by Crippen LogP contribution is 2.17. The molecule has 0 saturated carbocycles. The Labute approximate surface area is 119 Å². The predicted octanol–water partition coefficient (Wildman–Crippen LogP) is 3.31. The Balaban J connectivity index is 2.28. The van der Waals surface area contributed by atoms with Crippen molar-refractivity contribution < 1.29 is 9.18 Å². The first kappa shape index (κ1) is 14.0. The van der Waals surface area contributed by atoms with Crippen molar-refractivity contribution in [2.75, 3.05) is 5.32 Å². The summed E-state index contributed by atoms with van der Waals surface area (Å²) in [6.07, 6.45) is 1.28. The van der Waals surface area contributed by atoms with Gasteiger partial charge in [-0.15, -0.1) is 0 Å². The van der Waals surface area contributed by atoms with E-state index in [1.807, 2.05) is 6.07 Å². The number of rotatable bonds is 2. The molecule has 2 rings (SSSR count). The number of benzene rings is 1. The fourth-order valence-electron chi connectivity index (χ4n) is 1.62. The number of nitrogens with one attached hydrogen (secondary N) is 1. The van der Waals surface area contributed by atoms with Crippen LogP contribution in [0.5, 0.6) is 0 Å². The monoisotopic (exact) mass is 289 g/mol. The Hall–Kier alpha value is -2.45. The van der Waals surface area contributed by atoms with Crippen LogP contribution in [0.25, 0.3) is 0 Å². The highest BCUT2D eigenvalue weighted by Gasteiger charge is 2.14. The Morgan fingerprint density at radius 2 is 2.20 bits per heavy atom. The summed E-state index contributed by atoms with van der Waals surface area (Å²) < 4.78 is 13.1. The van der Waals surface area contributed by atoms with Gasteiger partial charge in [0.2, 0.25) is 0 Å². The molecule has 0 spiro atoms. The maximum Gasteiger partial charge on any atom is 0.275 e. The van der Waals surface area contributed by atoms with Crippen LogP contribution in [0, 0.1) is 24.1 Å². The first-order chi connectivity index (χ1) is 9.51. The van der Waals surface area contributed by atoms with Gasteiger partial charge in [-0.3, -0.25) is 4.79 Å². The van der Waals surface area contributed by atoms with Crippen molar-refractivity contribution in [2.45, 2.75) is 6.92 Å². The Bertz CT molecular complexity index is 725. The smallest absolute Gasteiger partial charge is 0.275 e. The van der Waals surface area contributed by atoms with E-state index in [9.17, 15) is 9.18 Å². The Morgan fingerprint density at radius 1 is 1.45 bits per heavy atom. The van der Waals surface area contributed by atoms with Crippen LogP contribution in [-0.2, 0) is 0 Å². The molecule has 6 heteroatoms. The van der Waals surface area contributed by atoms with E-state index >= 15 is 0 Å². The summed E-state index contributed by atoms with van der Waals surface area (Å²) in [5, 5.41) is 11.8. The number of hydrogen-bond donors (Lipinski definition) is 1. The third kappa shape index (κ3) is 2.92. The quantitative estimate of drug-likeness (QED) is 0.922. The van der Waals surface area contributed by atoms with Crippen LogP contribution in [0.15, 0.2) is 30.5 Å². The molecule has 0 radical (unpaired) electrons. The number of amides is 1. The lowest BCUT2D eigenvalue weighted by Gasteiger charge is -2.07. The molecule has 1 aromatic heterocycles. The summed E-state index contributed by atoms with van der Waals surface area (Å²) in [5.41, 5.74) is 0.884. The first-order valence-corrected chi connectivity index (χ1v) is 6.02. The maximum absolute atomic E-state index is 13.1. The summed E-state index contributed by atoms with van der Waals surface area (Å²) in [4.78, 5) is 15.9. The summed E-state index contributed by atoms with van der Waals surface area (Å²) in [6, 6.07) is 7.40. The second kappa shape index (κ2) is 5.68. The molecule has 0 aliphatic heterocycles. The molecule has 1 N–H and O–H groups in total. The third-order valence-electron chi connectivity index (χ3n) is 2.61. The SMILES string of the molecule is Cc1cc(NC(=O)c2ncc(Cl)cc2C#N)ccc1F. The lowest BCUT2D eigenvalue weighted by Crippen LogP contribution is -2.15. The van der Waals surface area contributed by atoms with Crippen molar-refractivity contribution in [1.29, 1.82) is 5.26 Å². The topological polar surface area (TPSA) is 65.8 Å². The molecule has 1 aromatic carbocycles. The average molecular weight is 290 g/mol. The molecule has 0 aliphatic carbocycles. The van der Waals surface area contributed by atoms with Gasteiger partial charge >= 0.3 is 0 Å². The minimum absolute atomic E-state index is 0.0288. The van der Waals surface area contributed by atoms with E-state index in [-0.39, 0.29) is 22.1 Å². The second-order valence-electron chi connectivity index (χ2n) is 4.08. The summed E-state index contributed by atoms with van der Waals surface area (Å²) in [6.45, 7) is 1.59. The average Bonchev–Trinajstić information content (AvgIpc) is 2.42. The van der Waals surface area contributed by atoms with Gasteiger partial charge in [0, 0.05) is 11.9 Å². The van der Waals surface area contributed by atoms with Gasteiger partial charge in [-0.2, -0.15) is 5.26 Å². The predicted molar refractivity (Wildman–Crippen MR) is 73.1 cm³/mol. The van der Waals surface area contributed by atoms with E-state index in [4.69, 9.17) is 16.9 Å². The summed E-state index contributed by atoms with van der Waals surface area (Å²) >= 11 is 5.71. The van der Waals surface area contributed by atoms with E-state index in [1.165, 1.54) is 30.5 Å². The molecular weight excluding hydrogens is 281 g/mol. The molecule has 20 heavy (non-hydrogen) atoms. The number of pyridine rings is 1. The van der Waals surface area contributed by atoms with Crippen LogP contribution in [0.4, 0.5) is 10.1 Å². The molecule has 0 fully saturated rings. The van der Waals surface area contributed by atoms with Crippen LogP contribution in [0.1, 0.15) is 21.6 Å². The second-order valence-corrected chi connectivity index (χ2v) is 4.52. The zero-order chi connectivity index (χ0) is 14.7. The van der Waals surface area contributed by atoms with Gasteiger partial charge < -0.3 is 5.32 Å². The van der Waals surface area contributed by atoms with E-state index in [0.29, 0.717) is 11.3 Å². The zero-order valence-corrected chi connectivity index (χ0v) is 11.2. The third-order valence-corrected chi connectivity index (χ3v) is 2.81. The number of halogens is 2. The minimum Gasteiger partial charge on any atom is -0.321 e. The molecule has 4 nitrogen and oxygen atoms in total. The molecule has 0 unspecified atom stereocenters. The van der Waals surface area contributed by atoms with Crippen molar-refractivity contribution >= 4 is 23.2 Å². The van der Waals surface area contributed by atoms with Gasteiger partial charge in [0.1, 0.15) is 17.6 Å². The van der Waals surface area contributed by atoms with Gasteiger partial charge in [0.15, 0.2) is 0 Å². The molecule has 0 saturated heterocycles. The fraction of sp³-hybridized carbons (Fsp3) is 0.0714. The fourth-order valence-corrected chi connectivity index (χ4v) is 1.78. The summed E-state index contributed by atoms with van der Waals surface area (Å²) in [5.74, 6) is -0.908. The number of carbonyl (C=O) groups excluding carboxylic acids is 1. The number of anilines is 1. The van der Waals surface area contributed by atoms with Crippen molar-refractivity contribution in [3.63, 3.8) is 0 Å². The van der Waals surface area contributed by atoms with Gasteiger partial charge in [0.05, 0.1) is 10.6 Å². The number of nitriles is 1. The normalized spacial score (nSPS) is 9.90. The van der Waals surface area contributed by atoms with Crippen LogP contribution >= 0.6 is 11.6 Å². The van der Waals surface area contributed by atoms with Crippen molar-refractivity contribution in [2.24, 2.45) is 0 Å². The van der Waals surface area contributed by atoms with Crippen molar-refractivity contribution in [3.05, 3.63) is 58.1 Å². The Morgan fingerprint density at radius 3 is 2.85 bits per heavy atom. The van der Waals surface area contributed by atoms with E-state index < -0.39 is 5.91 Å². The molecule has 0 bridgehead atoms. The number of carbonyl (C=O) groups is 1. The van der Waals surface area contributed by atoms with Crippen LogP contribution in [0.2, 0.25) is 5.02 Å². The molecule has 2 aromatic rings. The molecule has 1 heterocycles. The van der Waals surface area contributed by atoms with Crippen LogP contribution < -0.4 is 5.32 Å². The van der Waals surface area contributed by atoms with E-state index in [2.05, 4.69) is 10.3 Å². The lowest BCUT2D eigenvalue weighted by molar-refractivity contribution is 0.102. The lowest BCUT2D eigenvalue weighted by atomic mass is 10.2. The van der Waals surface area contributed by atoms with Crippen LogP contribution in [0.3, 0.4) is 0 Å². The Kier molecular flexibility index (Phi) is 3.97. The van der Waals surface area contributed by atoms with Gasteiger partial charge in [-0.25, -0.2) is 9.37 Å². The molecular formula is C14H9ClFN3O. The standard InChI is InChI=1S/C14H9ClFN3O/c1-8-4-11(2-3-12(8)16)19-14(20)13-9(6-17)5-10(15)7-18-13/h2-5,7H,1H3,(H,19,20). The summed E-state index contributed by atoms with van der Waals surface area (Å²) in [7, 11) is 0. The highest BCUT2D eigenvalue weighted by molar-refractivity contribution is 6.30. The van der Waals surface area contributed by atoms with Crippen molar-refractivity contribution in [1.82, 2.24) is 4.98 Å². The zero-order valence-electron chi connectivity index (χ0n) is 10.4. The first-order valence-electron chi connectivity index (χ1n) is 5.64. The number of aryl methyl sites for hydroxylation is 1. The maximum atomic E-state index is 13.1. The van der Waals surface area contributed by atoms with Gasteiger partial charge in [0.25, 0.3) is 5.91 Å². The largest absolute Gasteiger partial charge is 0.321 e. The van der Waals surface area contributed by atoms with E-state index in [1.54, 1.807) is 6.92 Å². The van der Waals surface area contributed by atoms with Crippen molar-refractivity contribution in [3.8, 4) is 6.07 Å². The van der Waals surface area contributed by atoms with Gasteiger partial charge in [-0.05, 0) is 36.8 Å². The molecule has 100 valence electrons. The highest BCUT2D eigenvalue weighted by atomic mass is 35.5. The minimum atomic E-state index is -0.552. The van der Waals surface area contributed by atoms with Crippen LogP contribution in [-0.4, -0.2) is 10.9 Å². The molecule has 0 atom stereocenters. The number of nitrogens with zero attached hydrogens (tertiary/aromatic N) is 2. The van der Waals surface area contributed by atoms with Gasteiger partial charge in [-0.1, -0.05) is 11.6 Å². The number of aromatic nitrogens is 1. The molecule has 0 aliphatic rings. The van der Waals surface area contributed by atoms with E-state index in [0.717, 1.165) is 0 Å².